The fourth-order valence-electron chi connectivity index (χ4n) is 2.69. The summed E-state index contributed by atoms with van der Waals surface area (Å²) in [6.45, 7) is 1.40. The minimum absolute atomic E-state index is 0.0917. The van der Waals surface area contributed by atoms with E-state index in [9.17, 15) is 27.2 Å². The van der Waals surface area contributed by atoms with Gasteiger partial charge in [-0.15, -0.1) is 0 Å². The van der Waals surface area contributed by atoms with Gasteiger partial charge in [0.05, 0.1) is 35.4 Å². The molecule has 0 aliphatic rings. The standard InChI is InChI=1S/C18H13F4N3O2/c1-8(17-13(21)5-10(20)7-23-17)24-15(26)6-12-16(22)11-4-9(19)2-3-14(11)25-18(12)27/h2-5,7-8H,6H2,1H3,(H,24,26)(H,25,27). The van der Waals surface area contributed by atoms with Gasteiger partial charge < -0.3 is 10.3 Å². The molecule has 0 spiro atoms. The zero-order chi connectivity index (χ0) is 19.7. The highest BCUT2D eigenvalue weighted by Gasteiger charge is 2.20. The summed E-state index contributed by atoms with van der Waals surface area (Å²) >= 11 is 0. The third kappa shape index (κ3) is 3.81. The van der Waals surface area contributed by atoms with Crippen LogP contribution in [0.3, 0.4) is 0 Å². The fraction of sp³-hybridized carbons (Fsp3) is 0.167. The number of carbonyl (C=O) groups is 1. The lowest BCUT2D eigenvalue weighted by Crippen LogP contribution is -2.31. The molecule has 2 heterocycles. The Bertz CT molecular complexity index is 1100. The van der Waals surface area contributed by atoms with Gasteiger partial charge in [0.25, 0.3) is 5.56 Å². The van der Waals surface area contributed by atoms with Gasteiger partial charge >= 0.3 is 0 Å². The number of benzene rings is 1. The molecule has 2 N–H and O–H groups in total. The van der Waals surface area contributed by atoms with Crippen LogP contribution in [-0.4, -0.2) is 15.9 Å². The van der Waals surface area contributed by atoms with E-state index in [2.05, 4.69) is 15.3 Å². The lowest BCUT2D eigenvalue weighted by molar-refractivity contribution is -0.121. The van der Waals surface area contributed by atoms with Gasteiger partial charge in [-0.25, -0.2) is 17.6 Å². The van der Waals surface area contributed by atoms with Gasteiger partial charge in [-0.3, -0.25) is 14.6 Å². The molecule has 3 aromatic rings. The average Bonchev–Trinajstić information content (AvgIpc) is 2.59. The lowest BCUT2D eigenvalue weighted by Gasteiger charge is -2.14. The van der Waals surface area contributed by atoms with Crippen LogP contribution in [0.4, 0.5) is 17.6 Å². The number of fused-ring (bicyclic) bond motifs is 1. The van der Waals surface area contributed by atoms with E-state index in [0.29, 0.717) is 6.07 Å². The molecular formula is C18H13F4N3O2. The van der Waals surface area contributed by atoms with E-state index >= 15 is 0 Å². The number of carbonyl (C=O) groups excluding carboxylic acids is 1. The van der Waals surface area contributed by atoms with Crippen molar-refractivity contribution in [1.82, 2.24) is 15.3 Å². The Morgan fingerprint density at radius 1 is 1.19 bits per heavy atom. The van der Waals surface area contributed by atoms with Gasteiger partial charge in [-0.2, -0.15) is 0 Å². The molecule has 27 heavy (non-hydrogen) atoms. The van der Waals surface area contributed by atoms with E-state index in [1.54, 1.807) is 0 Å². The molecule has 1 aromatic carbocycles. The number of hydrogen-bond donors (Lipinski definition) is 2. The molecular weight excluding hydrogens is 366 g/mol. The minimum atomic E-state index is -1.01. The quantitative estimate of drug-likeness (QED) is 0.685. The van der Waals surface area contributed by atoms with Crippen LogP contribution >= 0.6 is 0 Å². The highest BCUT2D eigenvalue weighted by molar-refractivity contribution is 5.83. The molecule has 2 aromatic heterocycles. The predicted octanol–water partition coefficient (Wildman–Crippen LogP) is 2.90. The van der Waals surface area contributed by atoms with Crippen LogP contribution in [0.5, 0.6) is 0 Å². The summed E-state index contributed by atoms with van der Waals surface area (Å²) in [6, 6.07) is 2.86. The van der Waals surface area contributed by atoms with E-state index in [1.165, 1.54) is 13.0 Å². The van der Waals surface area contributed by atoms with Crippen LogP contribution in [0.15, 0.2) is 35.3 Å². The Balaban J connectivity index is 1.84. The van der Waals surface area contributed by atoms with Crippen molar-refractivity contribution in [2.24, 2.45) is 0 Å². The molecule has 0 radical (unpaired) electrons. The Labute approximate surface area is 150 Å². The Hall–Kier alpha value is -3.23. The van der Waals surface area contributed by atoms with Gasteiger partial charge in [0.1, 0.15) is 23.3 Å². The van der Waals surface area contributed by atoms with E-state index in [4.69, 9.17) is 0 Å². The van der Waals surface area contributed by atoms with Crippen molar-refractivity contribution in [2.45, 2.75) is 19.4 Å². The summed E-state index contributed by atoms with van der Waals surface area (Å²) < 4.78 is 54.5. The number of nitrogens with zero attached hydrogens (tertiary/aromatic N) is 1. The number of aromatic nitrogens is 2. The fourth-order valence-corrected chi connectivity index (χ4v) is 2.69. The van der Waals surface area contributed by atoms with Crippen molar-refractivity contribution in [1.29, 1.82) is 0 Å². The van der Waals surface area contributed by atoms with Gasteiger partial charge in [0.15, 0.2) is 0 Å². The van der Waals surface area contributed by atoms with Crippen molar-refractivity contribution < 1.29 is 22.4 Å². The molecule has 1 amide bonds. The third-order valence-electron chi connectivity index (χ3n) is 3.97. The van der Waals surface area contributed by atoms with E-state index in [-0.39, 0.29) is 16.6 Å². The summed E-state index contributed by atoms with van der Waals surface area (Å²) in [6.07, 6.45) is 0.143. The minimum Gasteiger partial charge on any atom is -0.348 e. The normalized spacial score (nSPS) is 12.2. The second-order valence-electron chi connectivity index (χ2n) is 5.92. The molecule has 0 saturated heterocycles. The lowest BCUT2D eigenvalue weighted by atomic mass is 10.1. The molecule has 5 nitrogen and oxygen atoms in total. The maximum atomic E-state index is 14.6. The summed E-state index contributed by atoms with van der Waals surface area (Å²) in [4.78, 5) is 30.1. The van der Waals surface area contributed by atoms with E-state index in [1.807, 2.05) is 0 Å². The van der Waals surface area contributed by atoms with E-state index in [0.717, 1.165) is 18.3 Å². The van der Waals surface area contributed by atoms with Crippen molar-refractivity contribution in [3.8, 4) is 0 Å². The molecule has 0 aliphatic heterocycles. The van der Waals surface area contributed by atoms with Crippen LogP contribution in [0.1, 0.15) is 24.2 Å². The maximum Gasteiger partial charge on any atom is 0.255 e. The largest absolute Gasteiger partial charge is 0.348 e. The Morgan fingerprint density at radius 3 is 2.63 bits per heavy atom. The molecule has 0 saturated carbocycles. The summed E-state index contributed by atoms with van der Waals surface area (Å²) in [7, 11) is 0. The number of amides is 1. The molecule has 0 aliphatic carbocycles. The topological polar surface area (TPSA) is 74.8 Å². The SMILES string of the molecule is CC(NC(=O)Cc1c(F)c2cc(F)ccc2[nH]c1=O)c1ncc(F)cc1F. The van der Waals surface area contributed by atoms with E-state index < -0.39 is 52.8 Å². The summed E-state index contributed by atoms with van der Waals surface area (Å²) in [5.41, 5.74) is -1.43. The van der Waals surface area contributed by atoms with Crippen LogP contribution in [0, 0.1) is 23.3 Å². The number of H-pyrrole nitrogens is 1. The van der Waals surface area contributed by atoms with Crippen LogP contribution in [-0.2, 0) is 11.2 Å². The predicted molar refractivity (Wildman–Crippen MR) is 88.9 cm³/mol. The molecule has 0 bridgehead atoms. The molecule has 140 valence electrons. The highest BCUT2D eigenvalue weighted by atomic mass is 19.1. The first-order valence-electron chi connectivity index (χ1n) is 7.86. The number of hydrogen-bond acceptors (Lipinski definition) is 3. The van der Waals surface area contributed by atoms with Gasteiger partial charge in [-0.1, -0.05) is 0 Å². The summed E-state index contributed by atoms with van der Waals surface area (Å²) in [5, 5.41) is 2.19. The van der Waals surface area contributed by atoms with Crippen molar-refractivity contribution in [3.05, 3.63) is 75.3 Å². The molecule has 9 heteroatoms. The van der Waals surface area contributed by atoms with Crippen LogP contribution < -0.4 is 10.9 Å². The number of halogens is 4. The maximum absolute atomic E-state index is 14.6. The highest BCUT2D eigenvalue weighted by Crippen LogP contribution is 2.19. The number of nitrogens with one attached hydrogen (secondary N) is 2. The van der Waals surface area contributed by atoms with Gasteiger partial charge in [0.2, 0.25) is 5.91 Å². The molecule has 1 atom stereocenters. The van der Waals surface area contributed by atoms with Crippen molar-refractivity contribution in [3.63, 3.8) is 0 Å². The van der Waals surface area contributed by atoms with Crippen LogP contribution in [0.25, 0.3) is 10.9 Å². The van der Waals surface area contributed by atoms with Gasteiger partial charge in [0, 0.05) is 11.5 Å². The molecule has 0 fully saturated rings. The second-order valence-corrected chi connectivity index (χ2v) is 5.92. The summed E-state index contributed by atoms with van der Waals surface area (Å²) in [5.74, 6) is -4.31. The zero-order valence-corrected chi connectivity index (χ0v) is 13.9. The Kier molecular flexibility index (Phi) is 4.93. The van der Waals surface area contributed by atoms with Crippen LogP contribution in [0.2, 0.25) is 0 Å². The first kappa shape index (κ1) is 18.6. The first-order valence-corrected chi connectivity index (χ1v) is 7.86. The molecule has 3 rings (SSSR count). The number of rotatable bonds is 4. The van der Waals surface area contributed by atoms with Gasteiger partial charge in [-0.05, 0) is 25.1 Å². The second kappa shape index (κ2) is 7.18. The first-order chi connectivity index (χ1) is 12.8. The zero-order valence-electron chi connectivity index (χ0n) is 13.9. The Morgan fingerprint density at radius 2 is 1.93 bits per heavy atom. The van der Waals surface area contributed by atoms with Crippen molar-refractivity contribution >= 4 is 16.8 Å². The smallest absolute Gasteiger partial charge is 0.255 e. The van der Waals surface area contributed by atoms with Crippen molar-refractivity contribution in [2.75, 3.05) is 0 Å². The molecule has 1 unspecified atom stereocenters. The number of aromatic amines is 1. The average molecular weight is 379 g/mol. The third-order valence-corrected chi connectivity index (χ3v) is 3.97. The monoisotopic (exact) mass is 379 g/mol. The number of pyridine rings is 2.